The number of epoxide rings is 1. The number of carboxylic acid groups (broad SMARTS) is 1. The van der Waals surface area contributed by atoms with Gasteiger partial charge in [0.25, 0.3) is 0 Å². The Kier molecular flexibility index (Phi) is 32.1. The van der Waals surface area contributed by atoms with Gasteiger partial charge < -0.3 is 29.9 Å². The topological polar surface area (TPSA) is 184 Å². The molecule has 0 spiro atoms. The normalized spacial score (nSPS) is 17.9. The lowest BCUT2D eigenvalue weighted by Gasteiger charge is -2.20. The molecule has 0 aromatic rings. The van der Waals surface area contributed by atoms with Gasteiger partial charge in [-0.25, -0.2) is 4.57 Å². The van der Waals surface area contributed by atoms with Crippen LogP contribution in [0.4, 0.5) is 0 Å². The monoisotopic (exact) mass is 823 g/mol. The maximum Gasteiger partial charge on any atom is 0.472 e. The molecule has 0 aromatic heterocycles. The van der Waals surface area contributed by atoms with Crippen LogP contribution in [0.25, 0.3) is 0 Å². The van der Waals surface area contributed by atoms with E-state index in [1.54, 1.807) is 0 Å². The van der Waals surface area contributed by atoms with E-state index in [-0.39, 0.29) is 31.7 Å². The minimum Gasteiger partial charge on any atom is -0.480 e. The van der Waals surface area contributed by atoms with Crippen molar-refractivity contribution in [3.05, 3.63) is 60.8 Å². The second kappa shape index (κ2) is 35.1. The first-order chi connectivity index (χ1) is 27.6. The Hall–Kier alpha value is -2.86. The van der Waals surface area contributed by atoms with Gasteiger partial charge in [-0.05, 0) is 64.2 Å². The molecule has 1 aliphatic rings. The summed E-state index contributed by atoms with van der Waals surface area (Å²) in [5, 5.41) is 8.89. The van der Waals surface area contributed by atoms with E-state index in [1.165, 1.54) is 57.8 Å². The van der Waals surface area contributed by atoms with Gasteiger partial charge in [0, 0.05) is 12.8 Å². The fourth-order valence-electron chi connectivity index (χ4n) is 5.69. The van der Waals surface area contributed by atoms with Crippen molar-refractivity contribution in [1.82, 2.24) is 0 Å². The van der Waals surface area contributed by atoms with Crippen molar-refractivity contribution in [3.8, 4) is 0 Å². The third-order valence-corrected chi connectivity index (χ3v) is 10.2. The summed E-state index contributed by atoms with van der Waals surface area (Å²) < 4.78 is 38.3. The second-order valence-corrected chi connectivity index (χ2v) is 16.0. The number of unbranched alkanes of at least 4 members (excludes halogenated alkanes) is 14. The van der Waals surface area contributed by atoms with E-state index in [0.29, 0.717) is 19.3 Å². The third-order valence-electron chi connectivity index (χ3n) is 9.20. The molecule has 1 aliphatic heterocycles. The molecule has 1 fully saturated rings. The van der Waals surface area contributed by atoms with Gasteiger partial charge in [-0.3, -0.25) is 23.4 Å². The summed E-state index contributed by atoms with van der Waals surface area (Å²) >= 11 is 0. The van der Waals surface area contributed by atoms with Crippen LogP contribution in [-0.4, -0.2) is 72.1 Å². The molecule has 0 aromatic carbocycles. The zero-order valence-electron chi connectivity index (χ0n) is 34.9. The molecule has 0 radical (unpaired) electrons. The third kappa shape index (κ3) is 32.8. The van der Waals surface area contributed by atoms with E-state index >= 15 is 0 Å². The number of allylic oxidation sites excluding steroid dienone is 9. The fourth-order valence-corrected chi connectivity index (χ4v) is 6.47. The number of carboxylic acids is 1. The van der Waals surface area contributed by atoms with E-state index in [2.05, 4.69) is 48.8 Å². The summed E-state index contributed by atoms with van der Waals surface area (Å²) in [4.78, 5) is 46.0. The second-order valence-electron chi connectivity index (χ2n) is 14.6. The molecule has 1 rings (SSSR count). The highest BCUT2D eigenvalue weighted by Crippen LogP contribution is 2.43. The molecule has 4 N–H and O–H groups in total. The molecule has 0 amide bonds. The van der Waals surface area contributed by atoms with Gasteiger partial charge in [0.05, 0.1) is 19.3 Å². The zero-order valence-corrected chi connectivity index (χ0v) is 35.7. The number of nitrogens with two attached hydrogens (primary N) is 1. The SMILES string of the molecule is CCCCC/C=C/C/C=C/C=C\C=C/C1OC1CCCC(=O)OC(COC(=O)CCCCCCC/C=C\CCCCCCCC)COP(=O)(O)OCC(N)C(=O)O. The lowest BCUT2D eigenvalue weighted by atomic mass is 10.1. The Morgan fingerprint density at radius 1 is 0.684 bits per heavy atom. The van der Waals surface area contributed by atoms with Crippen LogP contribution in [0.15, 0.2) is 60.8 Å². The van der Waals surface area contributed by atoms with Crippen molar-refractivity contribution in [1.29, 1.82) is 0 Å². The van der Waals surface area contributed by atoms with Gasteiger partial charge in [0.2, 0.25) is 0 Å². The predicted octanol–water partition coefficient (Wildman–Crippen LogP) is 10.2. The molecule has 0 saturated carbocycles. The molecule has 57 heavy (non-hydrogen) atoms. The van der Waals surface area contributed by atoms with E-state index in [0.717, 1.165) is 51.4 Å². The first-order valence-electron chi connectivity index (χ1n) is 21.5. The highest BCUT2D eigenvalue weighted by molar-refractivity contribution is 7.47. The van der Waals surface area contributed by atoms with Crippen molar-refractivity contribution in [2.75, 3.05) is 19.8 Å². The number of rotatable bonds is 38. The largest absolute Gasteiger partial charge is 0.480 e. The van der Waals surface area contributed by atoms with Crippen molar-refractivity contribution < 1.29 is 52.2 Å². The highest BCUT2D eigenvalue weighted by Gasteiger charge is 2.35. The summed E-state index contributed by atoms with van der Waals surface area (Å²) in [7, 11) is -4.75. The highest BCUT2D eigenvalue weighted by atomic mass is 31.2. The summed E-state index contributed by atoms with van der Waals surface area (Å²) in [5.74, 6) is -2.50. The number of aliphatic carboxylic acids is 1. The predicted molar refractivity (Wildman–Crippen MR) is 225 cm³/mol. The number of hydrogen-bond acceptors (Lipinski definition) is 10. The lowest BCUT2D eigenvalue weighted by molar-refractivity contribution is -0.161. The van der Waals surface area contributed by atoms with Crippen LogP contribution < -0.4 is 5.73 Å². The summed E-state index contributed by atoms with van der Waals surface area (Å²) in [6.07, 6.45) is 41.7. The maximum atomic E-state index is 12.7. The molecule has 13 heteroatoms. The Bertz CT molecular complexity index is 1260. The zero-order chi connectivity index (χ0) is 41.8. The Morgan fingerprint density at radius 3 is 1.93 bits per heavy atom. The van der Waals surface area contributed by atoms with E-state index in [4.69, 9.17) is 29.6 Å². The van der Waals surface area contributed by atoms with Crippen molar-refractivity contribution >= 4 is 25.7 Å². The molecule has 0 aliphatic carbocycles. The van der Waals surface area contributed by atoms with E-state index < -0.39 is 51.1 Å². The minimum atomic E-state index is -4.75. The molecule has 1 heterocycles. The van der Waals surface area contributed by atoms with Gasteiger partial charge in [-0.1, -0.05) is 139 Å². The molecule has 1 saturated heterocycles. The minimum absolute atomic E-state index is 0.00191. The Balaban J connectivity index is 2.39. The van der Waals surface area contributed by atoms with E-state index in [9.17, 15) is 23.8 Å². The van der Waals surface area contributed by atoms with Gasteiger partial charge in [0.1, 0.15) is 18.8 Å². The summed E-state index contributed by atoms with van der Waals surface area (Å²) in [6, 6.07) is -1.54. The number of carbonyl (C=O) groups is 3. The van der Waals surface area contributed by atoms with Crippen LogP contribution in [0.1, 0.15) is 155 Å². The maximum absolute atomic E-state index is 12.7. The molecule has 12 nitrogen and oxygen atoms in total. The summed E-state index contributed by atoms with van der Waals surface area (Å²) in [5.41, 5.74) is 5.33. The molecular formula is C44H74NO11P. The first-order valence-corrected chi connectivity index (χ1v) is 23.0. The molecule has 5 atom stereocenters. The first kappa shape index (κ1) is 52.2. The average molecular weight is 824 g/mol. The van der Waals surface area contributed by atoms with Gasteiger partial charge >= 0.3 is 25.7 Å². The van der Waals surface area contributed by atoms with Crippen molar-refractivity contribution in [2.24, 2.45) is 5.73 Å². The van der Waals surface area contributed by atoms with Gasteiger partial charge in [-0.2, -0.15) is 0 Å². The number of ether oxygens (including phenoxy) is 3. The van der Waals surface area contributed by atoms with Crippen LogP contribution >= 0.6 is 7.82 Å². The van der Waals surface area contributed by atoms with Crippen LogP contribution in [-0.2, 0) is 42.2 Å². The standard InChI is InChI=1S/C44H74NO11P/c1-3-5-7-9-11-13-15-17-18-19-21-23-25-27-29-33-42(46)52-35-38(36-53-57(50,51)54-37-39(45)44(48)49)55-43(47)34-30-32-41-40(56-41)31-28-26-24-22-20-16-14-12-10-8-6-4-2/h12,14,17-18,20,22,24,26,28,31,38-41H,3-11,13,15-16,19,21,23,25,27,29-30,32-37,45H2,1-2H3,(H,48,49)(H,50,51)/b14-12+,18-17-,22-20+,26-24-,31-28-. The lowest BCUT2D eigenvalue weighted by Crippen LogP contribution is -2.34. The smallest absolute Gasteiger partial charge is 0.472 e. The van der Waals surface area contributed by atoms with Crippen molar-refractivity contribution in [2.45, 2.75) is 179 Å². The molecule has 326 valence electrons. The number of hydrogen-bond donors (Lipinski definition) is 3. The van der Waals surface area contributed by atoms with Crippen LogP contribution in [0, 0.1) is 0 Å². The van der Waals surface area contributed by atoms with Crippen LogP contribution in [0.3, 0.4) is 0 Å². The quantitative estimate of drug-likeness (QED) is 0.0134. The number of phosphoric ester groups is 1. The number of carbonyl (C=O) groups excluding carboxylic acids is 2. The van der Waals surface area contributed by atoms with Gasteiger partial charge in [0.15, 0.2) is 6.10 Å². The fraction of sp³-hybridized carbons (Fsp3) is 0.705. The van der Waals surface area contributed by atoms with Crippen molar-refractivity contribution in [3.63, 3.8) is 0 Å². The van der Waals surface area contributed by atoms with Crippen LogP contribution in [0.2, 0.25) is 0 Å². The Morgan fingerprint density at radius 2 is 1.25 bits per heavy atom. The number of esters is 2. The van der Waals surface area contributed by atoms with Crippen LogP contribution in [0.5, 0.6) is 0 Å². The molecule has 0 bridgehead atoms. The van der Waals surface area contributed by atoms with E-state index in [1.807, 2.05) is 30.4 Å². The molecule has 5 unspecified atom stereocenters. The Labute approximate surface area is 343 Å². The van der Waals surface area contributed by atoms with Gasteiger partial charge in [-0.15, -0.1) is 0 Å². The number of phosphoric acid groups is 1. The summed E-state index contributed by atoms with van der Waals surface area (Å²) in [6.45, 7) is 2.65. The molecular weight excluding hydrogens is 749 g/mol. The average Bonchev–Trinajstić information content (AvgIpc) is 3.94.